The number of carbonyl (C=O) groups is 2. The third-order valence-electron chi connectivity index (χ3n) is 4.05. The molecule has 1 N–H and O–H groups in total. The molecule has 1 amide bonds. The minimum atomic E-state index is -0.446. The van der Waals surface area contributed by atoms with Gasteiger partial charge in [0.2, 0.25) is 5.91 Å². The quantitative estimate of drug-likeness (QED) is 0.345. The van der Waals surface area contributed by atoms with E-state index in [9.17, 15) is 9.59 Å². The standard InChI is InChI=1S/C19H19Cl2N5O3S2/c1-4-26-16(11-6-7-12(20)13(21)8-11)24-25-19(26)30-9-14(27)23-18-22-10(3)15(31-18)17(28)29-5-2/h6-8H,4-5,9H2,1-3H3,(H,22,23,27). The molecule has 0 saturated heterocycles. The number of hydrogen-bond acceptors (Lipinski definition) is 8. The van der Waals surface area contributed by atoms with E-state index < -0.39 is 5.97 Å². The normalized spacial score (nSPS) is 10.9. The van der Waals surface area contributed by atoms with E-state index >= 15 is 0 Å². The summed E-state index contributed by atoms with van der Waals surface area (Å²) in [7, 11) is 0. The molecule has 8 nitrogen and oxygen atoms in total. The van der Waals surface area contributed by atoms with Gasteiger partial charge in [-0.05, 0) is 39.0 Å². The first-order valence-corrected chi connectivity index (χ1v) is 11.9. The average Bonchev–Trinajstić information content (AvgIpc) is 3.31. The first kappa shape index (κ1) is 23.5. The van der Waals surface area contributed by atoms with Gasteiger partial charge in [0.1, 0.15) is 4.88 Å². The van der Waals surface area contributed by atoms with Crippen molar-refractivity contribution in [3.05, 3.63) is 38.8 Å². The maximum atomic E-state index is 12.4. The van der Waals surface area contributed by atoms with E-state index in [0.717, 1.165) is 16.9 Å². The number of halogens is 2. The van der Waals surface area contributed by atoms with Crippen LogP contribution >= 0.6 is 46.3 Å². The molecule has 0 fully saturated rings. The van der Waals surface area contributed by atoms with Gasteiger partial charge in [-0.1, -0.05) is 46.3 Å². The largest absolute Gasteiger partial charge is 0.462 e. The van der Waals surface area contributed by atoms with Crippen molar-refractivity contribution in [3.63, 3.8) is 0 Å². The van der Waals surface area contributed by atoms with Crippen LogP contribution in [0.5, 0.6) is 0 Å². The molecule has 164 valence electrons. The van der Waals surface area contributed by atoms with Crippen molar-refractivity contribution < 1.29 is 14.3 Å². The number of nitrogens with one attached hydrogen (secondary N) is 1. The zero-order valence-corrected chi connectivity index (χ0v) is 20.1. The van der Waals surface area contributed by atoms with Crippen molar-refractivity contribution >= 4 is 63.3 Å². The molecule has 31 heavy (non-hydrogen) atoms. The van der Waals surface area contributed by atoms with Crippen molar-refractivity contribution in [3.8, 4) is 11.4 Å². The molecule has 1 aromatic carbocycles. The minimum Gasteiger partial charge on any atom is -0.462 e. The molecule has 0 saturated carbocycles. The van der Waals surface area contributed by atoms with Crippen molar-refractivity contribution in [2.75, 3.05) is 17.7 Å². The Morgan fingerprint density at radius 2 is 2.00 bits per heavy atom. The molecule has 12 heteroatoms. The predicted octanol–water partition coefficient (Wildman–Crippen LogP) is 4.94. The van der Waals surface area contributed by atoms with Crippen molar-refractivity contribution in [1.29, 1.82) is 0 Å². The van der Waals surface area contributed by atoms with Crippen LogP contribution in [0.3, 0.4) is 0 Å². The molecule has 2 aromatic heterocycles. The van der Waals surface area contributed by atoms with Crippen LogP contribution < -0.4 is 5.32 Å². The van der Waals surface area contributed by atoms with Crippen LogP contribution in [0.15, 0.2) is 23.4 Å². The summed E-state index contributed by atoms with van der Waals surface area (Å²) in [6, 6.07) is 5.25. The summed E-state index contributed by atoms with van der Waals surface area (Å²) in [6.45, 7) is 6.28. The highest BCUT2D eigenvalue weighted by Crippen LogP contribution is 2.30. The molecular formula is C19H19Cl2N5O3S2. The van der Waals surface area contributed by atoms with E-state index in [4.69, 9.17) is 27.9 Å². The highest BCUT2D eigenvalue weighted by molar-refractivity contribution is 7.99. The molecule has 0 unspecified atom stereocenters. The fourth-order valence-corrected chi connectivity index (χ4v) is 4.63. The summed E-state index contributed by atoms with van der Waals surface area (Å²) in [6.07, 6.45) is 0. The van der Waals surface area contributed by atoms with Crippen LogP contribution in [0.25, 0.3) is 11.4 Å². The fourth-order valence-electron chi connectivity index (χ4n) is 2.65. The van der Waals surface area contributed by atoms with E-state index in [1.165, 1.54) is 11.8 Å². The average molecular weight is 500 g/mol. The summed E-state index contributed by atoms with van der Waals surface area (Å²) in [5.41, 5.74) is 1.30. The molecule has 3 aromatic rings. The predicted molar refractivity (Wildman–Crippen MR) is 123 cm³/mol. The van der Waals surface area contributed by atoms with Crippen LogP contribution in [0, 0.1) is 6.92 Å². The van der Waals surface area contributed by atoms with Gasteiger partial charge in [0.15, 0.2) is 16.1 Å². The molecule has 0 bridgehead atoms. The number of thioether (sulfide) groups is 1. The number of aromatic nitrogens is 4. The number of benzene rings is 1. The SMILES string of the molecule is CCOC(=O)c1sc(NC(=O)CSc2nnc(-c3ccc(Cl)c(Cl)c3)n2CC)nc1C. The van der Waals surface area contributed by atoms with Crippen LogP contribution in [0.2, 0.25) is 10.0 Å². The van der Waals surface area contributed by atoms with Gasteiger partial charge in [-0.2, -0.15) is 0 Å². The number of aryl methyl sites for hydroxylation is 1. The van der Waals surface area contributed by atoms with Crippen LogP contribution in [-0.2, 0) is 16.1 Å². The van der Waals surface area contributed by atoms with Gasteiger partial charge >= 0.3 is 5.97 Å². The smallest absolute Gasteiger partial charge is 0.350 e. The first-order valence-electron chi connectivity index (χ1n) is 9.29. The second-order valence-corrected chi connectivity index (χ2v) is 8.93. The Bertz CT molecular complexity index is 1120. The molecule has 0 radical (unpaired) electrons. The maximum absolute atomic E-state index is 12.4. The Morgan fingerprint density at radius 1 is 1.23 bits per heavy atom. The van der Waals surface area contributed by atoms with Gasteiger partial charge in [0.25, 0.3) is 0 Å². The lowest BCUT2D eigenvalue weighted by Crippen LogP contribution is -2.14. The molecule has 0 aliphatic rings. The zero-order chi connectivity index (χ0) is 22.5. The number of esters is 1. The van der Waals surface area contributed by atoms with E-state index in [2.05, 4.69) is 20.5 Å². The fraction of sp³-hybridized carbons (Fsp3) is 0.316. The highest BCUT2D eigenvalue weighted by atomic mass is 35.5. The second kappa shape index (κ2) is 10.4. The summed E-state index contributed by atoms with van der Waals surface area (Å²) >= 11 is 14.4. The summed E-state index contributed by atoms with van der Waals surface area (Å²) in [5.74, 6) is 0.0279. The van der Waals surface area contributed by atoms with Crippen LogP contribution in [0.1, 0.15) is 29.2 Å². The van der Waals surface area contributed by atoms with Crippen molar-refractivity contribution in [2.24, 2.45) is 0 Å². The highest BCUT2D eigenvalue weighted by Gasteiger charge is 2.19. The van der Waals surface area contributed by atoms with Crippen molar-refractivity contribution in [1.82, 2.24) is 19.7 Å². The number of nitrogens with zero attached hydrogens (tertiary/aromatic N) is 4. The van der Waals surface area contributed by atoms with Gasteiger partial charge in [-0.15, -0.1) is 10.2 Å². The molecule has 0 atom stereocenters. The Balaban J connectivity index is 1.67. The molecular weight excluding hydrogens is 481 g/mol. The van der Waals surface area contributed by atoms with Gasteiger partial charge in [-0.25, -0.2) is 9.78 Å². The summed E-state index contributed by atoms with van der Waals surface area (Å²) < 4.78 is 6.88. The number of hydrogen-bond donors (Lipinski definition) is 1. The van der Waals surface area contributed by atoms with Crippen LogP contribution in [-0.4, -0.2) is 44.0 Å². The van der Waals surface area contributed by atoms with Crippen LogP contribution in [0.4, 0.5) is 5.13 Å². The number of amides is 1. The van der Waals surface area contributed by atoms with Gasteiger partial charge in [0, 0.05) is 12.1 Å². The molecule has 0 aliphatic heterocycles. The third-order valence-corrected chi connectivity index (χ3v) is 6.81. The van der Waals surface area contributed by atoms with Crippen molar-refractivity contribution in [2.45, 2.75) is 32.5 Å². The number of thiazole rings is 1. The lowest BCUT2D eigenvalue weighted by atomic mass is 10.2. The lowest BCUT2D eigenvalue weighted by Gasteiger charge is -2.08. The Morgan fingerprint density at radius 3 is 2.68 bits per heavy atom. The van der Waals surface area contributed by atoms with E-state index in [1.54, 1.807) is 26.0 Å². The number of carbonyl (C=O) groups excluding carboxylic acids is 2. The van der Waals surface area contributed by atoms with Gasteiger partial charge < -0.3 is 14.6 Å². The Hall–Kier alpha value is -2.14. The topological polar surface area (TPSA) is 99.0 Å². The van der Waals surface area contributed by atoms with E-state index in [-0.39, 0.29) is 18.3 Å². The molecule has 0 aliphatic carbocycles. The lowest BCUT2D eigenvalue weighted by molar-refractivity contribution is -0.113. The monoisotopic (exact) mass is 499 g/mol. The number of anilines is 1. The Kier molecular flexibility index (Phi) is 7.93. The maximum Gasteiger partial charge on any atom is 0.350 e. The molecule has 2 heterocycles. The second-order valence-electron chi connectivity index (χ2n) is 6.17. The van der Waals surface area contributed by atoms with Gasteiger partial charge in [0.05, 0.1) is 28.1 Å². The zero-order valence-electron chi connectivity index (χ0n) is 16.9. The third kappa shape index (κ3) is 5.57. The summed E-state index contributed by atoms with van der Waals surface area (Å²) in [5, 5.41) is 13.0. The molecule has 0 spiro atoms. The van der Waals surface area contributed by atoms with E-state index in [1.807, 2.05) is 17.6 Å². The van der Waals surface area contributed by atoms with E-state index in [0.29, 0.717) is 43.3 Å². The number of ether oxygens (including phenoxy) is 1. The van der Waals surface area contributed by atoms with Gasteiger partial charge in [-0.3, -0.25) is 4.79 Å². The Labute approximate surface area is 197 Å². The minimum absolute atomic E-state index is 0.104. The molecule has 3 rings (SSSR count). The number of rotatable bonds is 8. The first-order chi connectivity index (χ1) is 14.8. The summed E-state index contributed by atoms with van der Waals surface area (Å²) in [4.78, 5) is 28.9.